The molecule has 0 atom stereocenters. The second-order valence-electron chi connectivity index (χ2n) is 7.32. The molecule has 3 heterocycles. The number of carbonyl (C=O) groups is 1. The molecule has 1 aliphatic rings. The van der Waals surface area contributed by atoms with Crippen LogP contribution in [0.1, 0.15) is 27.3 Å². The molecule has 4 rings (SSSR count). The summed E-state index contributed by atoms with van der Waals surface area (Å²) in [5.74, 6) is 2.63. The summed E-state index contributed by atoms with van der Waals surface area (Å²) < 4.78 is 1.98. The Morgan fingerprint density at radius 2 is 1.57 bits per heavy atom. The quantitative estimate of drug-likeness (QED) is 0.706. The molecule has 0 radical (unpaired) electrons. The van der Waals surface area contributed by atoms with Crippen LogP contribution in [0.4, 0.5) is 5.82 Å². The van der Waals surface area contributed by atoms with Gasteiger partial charge in [-0.1, -0.05) is 17.7 Å². The summed E-state index contributed by atoms with van der Waals surface area (Å²) in [7, 11) is 0. The number of anilines is 1. The van der Waals surface area contributed by atoms with Gasteiger partial charge in [0.1, 0.15) is 17.5 Å². The highest BCUT2D eigenvalue weighted by Gasteiger charge is 2.24. The van der Waals surface area contributed by atoms with Gasteiger partial charge in [0, 0.05) is 50.2 Å². The summed E-state index contributed by atoms with van der Waals surface area (Å²) in [6.07, 6.45) is 3.96. The number of aromatic nitrogens is 3. The van der Waals surface area contributed by atoms with E-state index in [0.29, 0.717) is 13.1 Å². The molecule has 1 amide bonds. The normalized spacial score (nSPS) is 14.4. The molecule has 0 N–H and O–H groups in total. The molecule has 0 unspecified atom stereocenters. The molecule has 0 saturated carbocycles. The fraction of sp³-hybridized carbons (Fsp3) is 0.318. The predicted molar refractivity (Wildman–Crippen MR) is 110 cm³/mol. The monoisotopic (exact) mass is 375 g/mol. The van der Waals surface area contributed by atoms with Crippen LogP contribution in [0.25, 0.3) is 5.82 Å². The second-order valence-corrected chi connectivity index (χ2v) is 7.32. The highest BCUT2D eigenvalue weighted by Crippen LogP contribution is 2.19. The van der Waals surface area contributed by atoms with E-state index in [-0.39, 0.29) is 5.91 Å². The van der Waals surface area contributed by atoms with Gasteiger partial charge in [0.15, 0.2) is 0 Å². The van der Waals surface area contributed by atoms with Crippen LogP contribution in [-0.4, -0.2) is 51.5 Å². The number of piperazine rings is 1. The van der Waals surface area contributed by atoms with Crippen molar-refractivity contribution in [1.82, 2.24) is 19.4 Å². The zero-order valence-corrected chi connectivity index (χ0v) is 16.6. The average Bonchev–Trinajstić information content (AvgIpc) is 3.22. The van der Waals surface area contributed by atoms with Gasteiger partial charge >= 0.3 is 0 Å². The Morgan fingerprint density at radius 3 is 2.25 bits per heavy atom. The molecule has 144 valence electrons. The first-order valence-electron chi connectivity index (χ1n) is 9.62. The van der Waals surface area contributed by atoms with Crippen molar-refractivity contribution in [2.45, 2.75) is 20.8 Å². The van der Waals surface area contributed by atoms with Crippen LogP contribution in [0.5, 0.6) is 0 Å². The van der Waals surface area contributed by atoms with E-state index in [1.54, 1.807) is 0 Å². The molecule has 1 fully saturated rings. The van der Waals surface area contributed by atoms with Crippen molar-refractivity contribution in [2.75, 3.05) is 31.1 Å². The molecular formula is C22H25N5O. The Morgan fingerprint density at radius 1 is 0.893 bits per heavy atom. The number of nitrogens with zero attached hydrogens (tertiary/aromatic N) is 5. The molecule has 6 nitrogen and oxygen atoms in total. The van der Waals surface area contributed by atoms with Crippen molar-refractivity contribution >= 4 is 11.7 Å². The predicted octanol–water partition coefficient (Wildman–Crippen LogP) is 3.15. The second kappa shape index (κ2) is 7.46. The molecule has 1 aromatic carbocycles. The topological polar surface area (TPSA) is 54.3 Å². The summed E-state index contributed by atoms with van der Waals surface area (Å²) >= 11 is 0. The number of rotatable bonds is 3. The highest BCUT2D eigenvalue weighted by molar-refractivity contribution is 5.95. The standard InChI is InChI=1S/C22H25N5O/c1-16-6-7-19(17(2)14-16)22(28)27-12-10-26(11-13-27)21-15-20(23-18(3)24-21)25-8-4-5-9-25/h4-9,14-15H,10-13H2,1-3H3. The van der Waals surface area contributed by atoms with Gasteiger partial charge in [0.2, 0.25) is 0 Å². The van der Waals surface area contributed by atoms with Gasteiger partial charge in [-0.2, -0.15) is 0 Å². The van der Waals surface area contributed by atoms with Gasteiger partial charge in [-0.05, 0) is 44.5 Å². The minimum atomic E-state index is 0.115. The third kappa shape index (κ3) is 3.63. The number of aryl methyl sites for hydroxylation is 3. The van der Waals surface area contributed by atoms with E-state index in [4.69, 9.17) is 0 Å². The maximum Gasteiger partial charge on any atom is 0.254 e. The molecule has 3 aromatic rings. The number of hydrogen-bond donors (Lipinski definition) is 0. The molecular weight excluding hydrogens is 350 g/mol. The molecule has 0 bridgehead atoms. The molecule has 0 aliphatic carbocycles. The Labute approximate surface area is 165 Å². The lowest BCUT2D eigenvalue weighted by Gasteiger charge is -2.35. The molecule has 6 heteroatoms. The van der Waals surface area contributed by atoms with E-state index in [1.165, 1.54) is 5.56 Å². The number of benzene rings is 1. The minimum absolute atomic E-state index is 0.115. The van der Waals surface area contributed by atoms with E-state index in [0.717, 1.165) is 41.7 Å². The van der Waals surface area contributed by atoms with Crippen LogP contribution in [0, 0.1) is 20.8 Å². The van der Waals surface area contributed by atoms with E-state index in [9.17, 15) is 4.79 Å². The van der Waals surface area contributed by atoms with Crippen molar-refractivity contribution in [2.24, 2.45) is 0 Å². The lowest BCUT2D eigenvalue weighted by molar-refractivity contribution is 0.0745. The largest absolute Gasteiger partial charge is 0.353 e. The van der Waals surface area contributed by atoms with E-state index < -0.39 is 0 Å². The lowest BCUT2D eigenvalue weighted by atomic mass is 10.0. The van der Waals surface area contributed by atoms with E-state index in [1.807, 2.05) is 73.0 Å². The first-order valence-corrected chi connectivity index (χ1v) is 9.62. The van der Waals surface area contributed by atoms with Gasteiger partial charge < -0.3 is 14.4 Å². The number of hydrogen-bond acceptors (Lipinski definition) is 4. The highest BCUT2D eigenvalue weighted by atomic mass is 16.2. The number of carbonyl (C=O) groups excluding carboxylic acids is 1. The third-order valence-electron chi connectivity index (χ3n) is 5.18. The van der Waals surface area contributed by atoms with Gasteiger partial charge in [-0.15, -0.1) is 0 Å². The Kier molecular flexibility index (Phi) is 4.86. The first kappa shape index (κ1) is 18.2. The van der Waals surface area contributed by atoms with Crippen LogP contribution in [0.2, 0.25) is 0 Å². The summed E-state index contributed by atoms with van der Waals surface area (Å²) in [5.41, 5.74) is 3.01. The molecule has 28 heavy (non-hydrogen) atoms. The SMILES string of the molecule is Cc1ccc(C(=O)N2CCN(c3cc(-n4cccc4)nc(C)n3)CC2)c(C)c1. The van der Waals surface area contributed by atoms with Gasteiger partial charge in [0.25, 0.3) is 5.91 Å². The maximum atomic E-state index is 12.9. The summed E-state index contributed by atoms with van der Waals surface area (Å²) in [6.45, 7) is 8.86. The summed E-state index contributed by atoms with van der Waals surface area (Å²) in [4.78, 5) is 26.2. The van der Waals surface area contributed by atoms with E-state index >= 15 is 0 Å². The first-order chi connectivity index (χ1) is 13.5. The maximum absolute atomic E-state index is 12.9. The average molecular weight is 375 g/mol. The fourth-order valence-electron chi connectivity index (χ4n) is 3.68. The van der Waals surface area contributed by atoms with Gasteiger partial charge in [0.05, 0.1) is 0 Å². The van der Waals surface area contributed by atoms with Crippen LogP contribution >= 0.6 is 0 Å². The van der Waals surface area contributed by atoms with Crippen LogP contribution in [-0.2, 0) is 0 Å². The third-order valence-corrected chi connectivity index (χ3v) is 5.18. The zero-order chi connectivity index (χ0) is 19.7. The Bertz CT molecular complexity index is 988. The van der Waals surface area contributed by atoms with Crippen molar-refractivity contribution in [3.63, 3.8) is 0 Å². The zero-order valence-electron chi connectivity index (χ0n) is 16.6. The van der Waals surface area contributed by atoms with Crippen molar-refractivity contribution in [1.29, 1.82) is 0 Å². The minimum Gasteiger partial charge on any atom is -0.353 e. The van der Waals surface area contributed by atoms with E-state index in [2.05, 4.69) is 20.9 Å². The lowest BCUT2D eigenvalue weighted by Crippen LogP contribution is -2.49. The van der Waals surface area contributed by atoms with Gasteiger partial charge in [-0.3, -0.25) is 4.79 Å². The van der Waals surface area contributed by atoms with Crippen LogP contribution < -0.4 is 4.90 Å². The Balaban J connectivity index is 1.48. The summed E-state index contributed by atoms with van der Waals surface area (Å²) in [6, 6.07) is 12.0. The van der Waals surface area contributed by atoms with Crippen molar-refractivity contribution < 1.29 is 4.79 Å². The van der Waals surface area contributed by atoms with Gasteiger partial charge in [-0.25, -0.2) is 9.97 Å². The molecule has 0 spiro atoms. The smallest absolute Gasteiger partial charge is 0.254 e. The van der Waals surface area contributed by atoms with Crippen molar-refractivity contribution in [3.8, 4) is 5.82 Å². The summed E-state index contributed by atoms with van der Waals surface area (Å²) in [5, 5.41) is 0. The Hall–Kier alpha value is -3.15. The number of amides is 1. The fourth-order valence-corrected chi connectivity index (χ4v) is 3.68. The van der Waals surface area contributed by atoms with Crippen LogP contribution in [0.3, 0.4) is 0 Å². The molecule has 2 aromatic heterocycles. The van der Waals surface area contributed by atoms with Crippen molar-refractivity contribution in [3.05, 3.63) is 71.3 Å². The molecule has 1 saturated heterocycles. The van der Waals surface area contributed by atoms with Crippen LogP contribution in [0.15, 0.2) is 48.8 Å². The molecule has 1 aliphatic heterocycles.